The second-order valence-corrected chi connectivity index (χ2v) is 5.42. The Kier molecular flexibility index (Phi) is 3.49. The van der Waals surface area contributed by atoms with E-state index in [4.69, 9.17) is 4.42 Å². The van der Waals surface area contributed by atoms with E-state index >= 15 is 0 Å². The molecule has 0 aliphatic carbocycles. The van der Waals surface area contributed by atoms with Crippen LogP contribution in [0, 0.1) is 0 Å². The van der Waals surface area contributed by atoms with Gasteiger partial charge in [-0.1, -0.05) is 18.2 Å². The molecule has 1 aromatic carbocycles. The van der Waals surface area contributed by atoms with Gasteiger partial charge in [0.1, 0.15) is 11.3 Å². The number of carbonyl (C=O) groups is 1. The lowest BCUT2D eigenvalue weighted by atomic mass is 10.1. The molecule has 106 valence electrons. The number of rotatable bonds is 3. The van der Waals surface area contributed by atoms with E-state index in [1.807, 2.05) is 37.3 Å². The fraction of sp³-hybridized carbons (Fsp3) is 0.438. The molecule has 4 nitrogen and oxygen atoms in total. The van der Waals surface area contributed by atoms with Crippen molar-refractivity contribution in [3.05, 3.63) is 36.1 Å². The smallest absolute Gasteiger partial charge is 0.233 e. The van der Waals surface area contributed by atoms with Gasteiger partial charge in [-0.2, -0.15) is 0 Å². The molecule has 1 aromatic heterocycles. The summed E-state index contributed by atoms with van der Waals surface area (Å²) in [5.74, 6) is 0.426. The van der Waals surface area contributed by atoms with Crippen LogP contribution in [0.1, 0.15) is 31.4 Å². The van der Waals surface area contributed by atoms with Crippen LogP contribution in [-0.2, 0) is 4.79 Å². The van der Waals surface area contributed by atoms with E-state index in [0.29, 0.717) is 5.76 Å². The molecule has 4 heteroatoms. The first kappa shape index (κ1) is 13.2. The first-order valence-electron chi connectivity index (χ1n) is 7.10. The van der Waals surface area contributed by atoms with Crippen LogP contribution in [0.25, 0.3) is 11.0 Å². The number of nitrogens with zero attached hydrogens (tertiary/aromatic N) is 1. The van der Waals surface area contributed by atoms with E-state index in [9.17, 15) is 9.90 Å². The number of carbonyl (C=O) groups excluding carboxylic acids is 1. The van der Waals surface area contributed by atoms with Crippen LogP contribution >= 0.6 is 0 Å². The molecule has 1 N–H and O–H groups in total. The highest BCUT2D eigenvalue weighted by Gasteiger charge is 2.32. The SMILES string of the molecule is CC(C(=O)N1CCC[C@@H]1CO)c1cc2ccccc2o1. The zero-order chi connectivity index (χ0) is 14.1. The molecule has 0 spiro atoms. The predicted octanol–water partition coefficient (Wildman–Crippen LogP) is 2.52. The van der Waals surface area contributed by atoms with Gasteiger partial charge < -0.3 is 14.4 Å². The number of aliphatic hydroxyl groups excluding tert-OH is 1. The number of amides is 1. The summed E-state index contributed by atoms with van der Waals surface area (Å²) in [5, 5.41) is 10.4. The van der Waals surface area contributed by atoms with E-state index in [-0.39, 0.29) is 24.5 Å². The minimum absolute atomic E-state index is 0.0330. The van der Waals surface area contributed by atoms with Crippen LogP contribution in [0.3, 0.4) is 0 Å². The molecule has 2 atom stereocenters. The van der Waals surface area contributed by atoms with Crippen LogP contribution < -0.4 is 0 Å². The van der Waals surface area contributed by atoms with Crippen molar-refractivity contribution in [2.75, 3.05) is 13.2 Å². The predicted molar refractivity (Wildman–Crippen MR) is 76.4 cm³/mol. The van der Waals surface area contributed by atoms with Gasteiger partial charge in [0.05, 0.1) is 18.6 Å². The molecule has 3 rings (SSSR count). The zero-order valence-corrected chi connectivity index (χ0v) is 11.6. The van der Waals surface area contributed by atoms with Gasteiger partial charge in [0, 0.05) is 11.9 Å². The van der Waals surface area contributed by atoms with Gasteiger partial charge in [-0.3, -0.25) is 4.79 Å². The molecule has 0 radical (unpaired) electrons. The van der Waals surface area contributed by atoms with Gasteiger partial charge >= 0.3 is 0 Å². The number of aliphatic hydroxyl groups is 1. The number of fused-ring (bicyclic) bond motifs is 1. The Morgan fingerprint density at radius 2 is 2.30 bits per heavy atom. The van der Waals surface area contributed by atoms with Crippen LogP contribution in [0.2, 0.25) is 0 Å². The molecule has 1 fully saturated rings. The van der Waals surface area contributed by atoms with Crippen molar-refractivity contribution in [3.8, 4) is 0 Å². The highest BCUT2D eigenvalue weighted by atomic mass is 16.3. The van der Waals surface area contributed by atoms with E-state index in [1.54, 1.807) is 4.90 Å². The lowest BCUT2D eigenvalue weighted by molar-refractivity contribution is -0.134. The fourth-order valence-electron chi connectivity index (χ4n) is 2.90. The summed E-state index contributed by atoms with van der Waals surface area (Å²) < 4.78 is 5.77. The lowest BCUT2D eigenvalue weighted by Gasteiger charge is -2.25. The van der Waals surface area contributed by atoms with Crippen LogP contribution in [0.4, 0.5) is 0 Å². The summed E-state index contributed by atoms with van der Waals surface area (Å²) in [4.78, 5) is 14.3. The zero-order valence-electron chi connectivity index (χ0n) is 11.6. The summed E-state index contributed by atoms with van der Waals surface area (Å²) in [6, 6.07) is 9.66. The highest BCUT2D eigenvalue weighted by molar-refractivity contribution is 5.85. The third-order valence-corrected chi connectivity index (χ3v) is 4.11. The number of hydrogen-bond acceptors (Lipinski definition) is 3. The van der Waals surface area contributed by atoms with E-state index in [1.165, 1.54) is 0 Å². The summed E-state index contributed by atoms with van der Waals surface area (Å²) >= 11 is 0. The Hall–Kier alpha value is -1.81. The van der Waals surface area contributed by atoms with Crippen molar-refractivity contribution in [2.24, 2.45) is 0 Å². The second-order valence-electron chi connectivity index (χ2n) is 5.42. The number of hydrogen-bond donors (Lipinski definition) is 1. The van der Waals surface area contributed by atoms with Crippen molar-refractivity contribution in [2.45, 2.75) is 31.7 Å². The molecule has 1 unspecified atom stereocenters. The average molecular weight is 273 g/mol. The molecular weight excluding hydrogens is 254 g/mol. The van der Waals surface area contributed by atoms with Gasteiger partial charge in [-0.05, 0) is 31.9 Å². The van der Waals surface area contributed by atoms with Crippen LogP contribution in [-0.4, -0.2) is 35.1 Å². The second kappa shape index (κ2) is 5.29. The van der Waals surface area contributed by atoms with Crippen LogP contribution in [0.15, 0.2) is 34.7 Å². The van der Waals surface area contributed by atoms with Gasteiger partial charge in [-0.25, -0.2) is 0 Å². The van der Waals surface area contributed by atoms with Crippen molar-refractivity contribution in [1.82, 2.24) is 4.90 Å². The molecule has 2 heterocycles. The normalized spacial score (nSPS) is 20.5. The van der Waals surface area contributed by atoms with Gasteiger partial charge in [0.25, 0.3) is 0 Å². The molecular formula is C16H19NO3. The van der Waals surface area contributed by atoms with Gasteiger partial charge in [0.15, 0.2) is 0 Å². The highest BCUT2D eigenvalue weighted by Crippen LogP contribution is 2.28. The molecule has 2 aromatic rings. The van der Waals surface area contributed by atoms with Crippen molar-refractivity contribution >= 4 is 16.9 Å². The van der Waals surface area contributed by atoms with E-state index in [0.717, 1.165) is 30.4 Å². The lowest BCUT2D eigenvalue weighted by Crippen LogP contribution is -2.39. The summed E-state index contributed by atoms with van der Waals surface area (Å²) in [6.07, 6.45) is 1.85. The number of likely N-dealkylation sites (tertiary alicyclic amines) is 1. The Balaban J connectivity index is 1.84. The molecule has 0 bridgehead atoms. The summed E-state index contributed by atoms with van der Waals surface area (Å²) in [6.45, 7) is 2.64. The van der Waals surface area contributed by atoms with E-state index in [2.05, 4.69) is 0 Å². The van der Waals surface area contributed by atoms with Gasteiger partial charge in [-0.15, -0.1) is 0 Å². The third kappa shape index (κ3) is 2.20. The third-order valence-electron chi connectivity index (χ3n) is 4.11. The maximum Gasteiger partial charge on any atom is 0.233 e. The Morgan fingerprint density at radius 3 is 3.05 bits per heavy atom. The fourth-order valence-corrected chi connectivity index (χ4v) is 2.90. The molecule has 20 heavy (non-hydrogen) atoms. The Bertz CT molecular complexity index is 586. The quantitative estimate of drug-likeness (QED) is 0.935. The molecule has 1 aliphatic rings. The molecule has 0 saturated carbocycles. The molecule has 1 amide bonds. The van der Waals surface area contributed by atoms with Crippen molar-refractivity contribution < 1.29 is 14.3 Å². The standard InChI is InChI=1S/C16H19NO3/c1-11(16(19)17-8-4-6-13(17)10-18)15-9-12-5-2-3-7-14(12)20-15/h2-3,5,7,9,11,13,18H,4,6,8,10H2,1H3/t11?,13-/m1/s1. The molecule has 1 saturated heterocycles. The minimum Gasteiger partial charge on any atom is -0.460 e. The maximum absolute atomic E-state index is 12.5. The Morgan fingerprint density at radius 1 is 1.50 bits per heavy atom. The minimum atomic E-state index is -0.311. The topological polar surface area (TPSA) is 53.7 Å². The largest absolute Gasteiger partial charge is 0.460 e. The Labute approximate surface area is 118 Å². The van der Waals surface area contributed by atoms with Gasteiger partial charge in [0.2, 0.25) is 5.91 Å². The van der Waals surface area contributed by atoms with Crippen LogP contribution in [0.5, 0.6) is 0 Å². The first-order valence-corrected chi connectivity index (χ1v) is 7.10. The monoisotopic (exact) mass is 273 g/mol. The number of benzene rings is 1. The van der Waals surface area contributed by atoms with Crippen molar-refractivity contribution in [1.29, 1.82) is 0 Å². The summed E-state index contributed by atoms with van der Waals surface area (Å²) in [5.41, 5.74) is 0.808. The number of furan rings is 1. The maximum atomic E-state index is 12.5. The van der Waals surface area contributed by atoms with E-state index < -0.39 is 0 Å². The van der Waals surface area contributed by atoms with Crippen molar-refractivity contribution in [3.63, 3.8) is 0 Å². The average Bonchev–Trinajstić information content (AvgIpc) is 3.11. The first-order chi connectivity index (χ1) is 9.70. The number of para-hydroxylation sites is 1. The molecule has 1 aliphatic heterocycles. The summed E-state index contributed by atoms with van der Waals surface area (Å²) in [7, 11) is 0.